The molecule has 3 nitrogen and oxygen atoms in total. The van der Waals surface area contributed by atoms with E-state index in [1.54, 1.807) is 6.07 Å². The first kappa shape index (κ1) is 13.3. The molecule has 0 bridgehead atoms. The molecule has 0 saturated carbocycles. The molecule has 1 aromatic carbocycles. The smallest absolute Gasteiger partial charge is 0.238 e. The molecule has 0 aromatic heterocycles. The van der Waals surface area contributed by atoms with Gasteiger partial charge < -0.3 is 10.6 Å². The molecular weight excluding hydrogens is 247 g/mol. The molecule has 0 aliphatic carbocycles. The zero-order valence-electron chi connectivity index (χ0n) is 9.23. The van der Waals surface area contributed by atoms with Gasteiger partial charge in [0.1, 0.15) is 0 Å². The Morgan fingerprint density at radius 2 is 2.06 bits per heavy atom. The summed E-state index contributed by atoms with van der Waals surface area (Å²) in [7, 11) is 0. The van der Waals surface area contributed by atoms with Gasteiger partial charge in [-0.3, -0.25) is 4.79 Å². The summed E-state index contributed by atoms with van der Waals surface area (Å²) >= 11 is 12.0. The molecule has 0 saturated heterocycles. The molecule has 16 heavy (non-hydrogen) atoms. The molecule has 5 heteroatoms. The van der Waals surface area contributed by atoms with Crippen LogP contribution in [0.25, 0.3) is 0 Å². The minimum Gasteiger partial charge on any atom is -0.322 e. The number of carbonyl (C=O) groups excluding carboxylic acids is 1. The van der Waals surface area contributed by atoms with Crippen LogP contribution in [0, 0.1) is 6.92 Å². The number of hydrogen-bond acceptors (Lipinski definition) is 2. The molecule has 1 rings (SSSR count). The average Bonchev–Trinajstić information content (AvgIpc) is 2.27. The lowest BCUT2D eigenvalue weighted by Crippen LogP contribution is -2.28. The van der Waals surface area contributed by atoms with Gasteiger partial charge in [0.2, 0.25) is 5.91 Å². The van der Waals surface area contributed by atoms with Crippen LogP contribution in [-0.4, -0.2) is 19.0 Å². The Kier molecular flexibility index (Phi) is 5.06. The van der Waals surface area contributed by atoms with Crippen LogP contribution in [-0.2, 0) is 4.79 Å². The van der Waals surface area contributed by atoms with E-state index in [1.165, 1.54) is 0 Å². The molecule has 1 amide bonds. The van der Waals surface area contributed by atoms with Gasteiger partial charge >= 0.3 is 0 Å². The van der Waals surface area contributed by atoms with Crippen molar-refractivity contribution in [2.24, 2.45) is 0 Å². The van der Waals surface area contributed by atoms with Crippen LogP contribution < -0.4 is 10.6 Å². The van der Waals surface area contributed by atoms with Crippen LogP contribution in [0.3, 0.4) is 0 Å². The van der Waals surface area contributed by atoms with Crippen molar-refractivity contribution in [1.82, 2.24) is 5.32 Å². The maximum Gasteiger partial charge on any atom is 0.238 e. The fourth-order valence-corrected chi connectivity index (χ4v) is 1.66. The average molecular weight is 261 g/mol. The lowest BCUT2D eigenvalue weighted by Gasteiger charge is -2.11. The number of likely N-dealkylation sites (N-methyl/N-ethyl adjacent to an activating group) is 1. The lowest BCUT2D eigenvalue weighted by molar-refractivity contribution is -0.115. The summed E-state index contributed by atoms with van der Waals surface area (Å²) in [6, 6.07) is 3.52. The van der Waals surface area contributed by atoms with E-state index in [1.807, 2.05) is 19.9 Å². The zero-order valence-corrected chi connectivity index (χ0v) is 10.7. The summed E-state index contributed by atoms with van der Waals surface area (Å²) in [6.45, 7) is 4.78. The predicted octanol–water partition coefficient (Wildman–Crippen LogP) is 2.85. The Hall–Kier alpha value is -0.770. The van der Waals surface area contributed by atoms with E-state index in [4.69, 9.17) is 23.2 Å². The Morgan fingerprint density at radius 3 is 2.69 bits per heavy atom. The number of halogens is 2. The van der Waals surface area contributed by atoms with Crippen LogP contribution >= 0.6 is 23.2 Å². The number of benzene rings is 1. The Morgan fingerprint density at radius 1 is 1.38 bits per heavy atom. The Balaban J connectivity index is 2.80. The van der Waals surface area contributed by atoms with Crippen molar-refractivity contribution < 1.29 is 4.79 Å². The number of nitrogens with one attached hydrogen (secondary N) is 2. The van der Waals surface area contributed by atoms with Crippen LogP contribution in [0.4, 0.5) is 5.69 Å². The normalized spacial score (nSPS) is 10.2. The van der Waals surface area contributed by atoms with Crippen molar-refractivity contribution in [1.29, 1.82) is 0 Å². The van der Waals surface area contributed by atoms with Gasteiger partial charge in [-0.2, -0.15) is 0 Å². The third-order valence-electron chi connectivity index (χ3n) is 2.08. The summed E-state index contributed by atoms with van der Waals surface area (Å²) in [5, 5.41) is 6.54. The van der Waals surface area contributed by atoms with E-state index in [2.05, 4.69) is 10.6 Å². The summed E-state index contributed by atoms with van der Waals surface area (Å²) < 4.78 is 0. The largest absolute Gasteiger partial charge is 0.322 e. The molecule has 0 aliphatic rings. The van der Waals surface area contributed by atoms with Crippen molar-refractivity contribution in [3.63, 3.8) is 0 Å². The number of hydrogen-bond donors (Lipinski definition) is 2. The Bertz CT molecular complexity index is 394. The fourth-order valence-electron chi connectivity index (χ4n) is 1.19. The van der Waals surface area contributed by atoms with E-state index in [9.17, 15) is 4.79 Å². The molecule has 2 N–H and O–H groups in total. The third kappa shape index (κ3) is 3.37. The lowest BCUT2D eigenvalue weighted by atomic mass is 10.2. The van der Waals surface area contributed by atoms with Crippen molar-refractivity contribution in [3.05, 3.63) is 27.7 Å². The van der Waals surface area contributed by atoms with Crippen molar-refractivity contribution in [2.45, 2.75) is 13.8 Å². The summed E-state index contributed by atoms with van der Waals surface area (Å²) in [5.41, 5.74) is 1.36. The standard InChI is InChI=1S/C11H14Cl2N2O/c1-3-14-6-9(16)15-11-8(12)5-4-7(2)10(11)13/h4-5,14H,3,6H2,1-2H3,(H,15,16). The van der Waals surface area contributed by atoms with Crippen LogP contribution in [0.2, 0.25) is 10.0 Å². The van der Waals surface area contributed by atoms with Crippen molar-refractivity contribution >= 4 is 34.8 Å². The van der Waals surface area contributed by atoms with E-state index in [0.29, 0.717) is 15.7 Å². The molecule has 88 valence electrons. The van der Waals surface area contributed by atoms with Gasteiger partial charge in [-0.15, -0.1) is 0 Å². The van der Waals surface area contributed by atoms with Crippen LogP contribution in [0.15, 0.2) is 12.1 Å². The number of rotatable bonds is 4. The topological polar surface area (TPSA) is 41.1 Å². The summed E-state index contributed by atoms with van der Waals surface area (Å²) in [6.07, 6.45) is 0. The van der Waals surface area contributed by atoms with Gasteiger partial charge in [0.15, 0.2) is 0 Å². The molecule has 0 heterocycles. The second kappa shape index (κ2) is 6.09. The number of carbonyl (C=O) groups is 1. The van der Waals surface area contributed by atoms with Crippen molar-refractivity contribution in [2.75, 3.05) is 18.4 Å². The first-order valence-electron chi connectivity index (χ1n) is 5.01. The molecule has 0 fully saturated rings. The predicted molar refractivity (Wildman–Crippen MR) is 68.4 cm³/mol. The van der Waals surface area contributed by atoms with E-state index in [0.717, 1.165) is 12.1 Å². The maximum atomic E-state index is 11.5. The van der Waals surface area contributed by atoms with Gasteiger partial charge in [0, 0.05) is 0 Å². The zero-order chi connectivity index (χ0) is 12.1. The van der Waals surface area contributed by atoms with E-state index < -0.39 is 0 Å². The van der Waals surface area contributed by atoms with Crippen molar-refractivity contribution in [3.8, 4) is 0 Å². The highest BCUT2D eigenvalue weighted by Crippen LogP contribution is 2.32. The van der Waals surface area contributed by atoms with Gasteiger partial charge in [0.05, 0.1) is 22.3 Å². The number of amides is 1. The first-order chi connectivity index (χ1) is 7.56. The highest BCUT2D eigenvalue weighted by Gasteiger charge is 2.11. The minimum absolute atomic E-state index is 0.156. The molecule has 1 aromatic rings. The highest BCUT2D eigenvalue weighted by molar-refractivity contribution is 6.40. The SMILES string of the molecule is CCNCC(=O)Nc1c(Cl)ccc(C)c1Cl. The van der Waals surface area contributed by atoms with Gasteiger partial charge in [-0.25, -0.2) is 0 Å². The second-order valence-electron chi connectivity index (χ2n) is 3.38. The molecule has 0 unspecified atom stereocenters. The van der Waals surface area contributed by atoms with Crippen LogP contribution in [0.5, 0.6) is 0 Å². The van der Waals surface area contributed by atoms with Crippen LogP contribution in [0.1, 0.15) is 12.5 Å². The van der Waals surface area contributed by atoms with Gasteiger partial charge in [0.25, 0.3) is 0 Å². The Labute approximate surface area is 105 Å². The minimum atomic E-state index is -0.156. The molecule has 0 atom stereocenters. The molecule has 0 radical (unpaired) electrons. The number of aryl methyl sites for hydroxylation is 1. The van der Waals surface area contributed by atoms with Gasteiger partial charge in [-0.05, 0) is 25.1 Å². The van der Waals surface area contributed by atoms with Gasteiger partial charge in [-0.1, -0.05) is 36.2 Å². The monoisotopic (exact) mass is 260 g/mol. The highest BCUT2D eigenvalue weighted by atomic mass is 35.5. The molecule has 0 aliphatic heterocycles. The quantitative estimate of drug-likeness (QED) is 0.875. The molecular formula is C11H14Cl2N2O. The fraction of sp³-hybridized carbons (Fsp3) is 0.364. The number of anilines is 1. The maximum absolute atomic E-state index is 11.5. The third-order valence-corrected chi connectivity index (χ3v) is 2.89. The molecule has 0 spiro atoms. The van der Waals surface area contributed by atoms with E-state index in [-0.39, 0.29) is 12.5 Å². The second-order valence-corrected chi connectivity index (χ2v) is 4.17. The first-order valence-corrected chi connectivity index (χ1v) is 5.77. The summed E-state index contributed by atoms with van der Waals surface area (Å²) in [5.74, 6) is -0.156. The summed E-state index contributed by atoms with van der Waals surface area (Å²) in [4.78, 5) is 11.5. The van der Waals surface area contributed by atoms with E-state index >= 15 is 0 Å².